The number of benzene rings is 1. The molecule has 0 N–H and O–H groups in total. The Kier molecular flexibility index (Phi) is 6.11. The van der Waals surface area contributed by atoms with Crippen molar-refractivity contribution in [1.29, 1.82) is 5.26 Å². The lowest BCUT2D eigenvalue weighted by molar-refractivity contribution is -0.146. The van der Waals surface area contributed by atoms with Crippen molar-refractivity contribution in [3.8, 4) is 6.07 Å². The van der Waals surface area contributed by atoms with Gasteiger partial charge < -0.3 is 9.47 Å². The van der Waals surface area contributed by atoms with Crippen molar-refractivity contribution in [3.05, 3.63) is 29.8 Å². The Morgan fingerprint density at radius 3 is 2.56 bits per heavy atom. The van der Waals surface area contributed by atoms with E-state index in [4.69, 9.17) is 14.7 Å². The molecule has 1 aromatic rings. The number of amides is 1. The highest BCUT2D eigenvalue weighted by atomic mass is 32.2. The molecular formula is C18H22N2O6S. The Balaban J connectivity index is 2.18. The molecule has 0 aromatic heterocycles. The van der Waals surface area contributed by atoms with Crippen molar-refractivity contribution in [2.45, 2.75) is 37.5 Å². The number of cyclic esters (lactones) is 1. The van der Waals surface area contributed by atoms with Crippen LogP contribution < -0.4 is 4.90 Å². The molecule has 1 aliphatic rings. The fourth-order valence-corrected chi connectivity index (χ4v) is 3.68. The maximum atomic E-state index is 12.2. The van der Waals surface area contributed by atoms with Gasteiger partial charge in [-0.2, -0.15) is 5.26 Å². The molecule has 1 saturated heterocycles. The standard InChI is InChI=1S/C18H22N2O6S/c1-4-25-16(21)18(2,27(3,23)24)11-15-12-20(17(22)26-15)14-7-5-13(6-8-14)9-10-19/h5-8,15H,4,9,11-12H2,1-3H3. The Morgan fingerprint density at radius 1 is 1.41 bits per heavy atom. The molecule has 0 aliphatic carbocycles. The molecule has 1 aromatic carbocycles. The zero-order valence-corrected chi connectivity index (χ0v) is 16.3. The van der Waals surface area contributed by atoms with Crippen LogP contribution in [0.4, 0.5) is 10.5 Å². The third-order valence-electron chi connectivity index (χ3n) is 4.55. The Bertz CT molecular complexity index is 859. The second-order valence-corrected chi connectivity index (χ2v) is 8.99. The molecule has 27 heavy (non-hydrogen) atoms. The summed E-state index contributed by atoms with van der Waals surface area (Å²) in [6.45, 7) is 3.04. The third-order valence-corrected chi connectivity index (χ3v) is 6.52. The lowest BCUT2D eigenvalue weighted by Gasteiger charge is -2.27. The van der Waals surface area contributed by atoms with Crippen LogP contribution in [0.25, 0.3) is 0 Å². The highest BCUT2D eigenvalue weighted by molar-refractivity contribution is 7.92. The van der Waals surface area contributed by atoms with Crippen molar-refractivity contribution < 1.29 is 27.5 Å². The molecule has 0 saturated carbocycles. The van der Waals surface area contributed by atoms with Crippen molar-refractivity contribution in [2.24, 2.45) is 0 Å². The van der Waals surface area contributed by atoms with Gasteiger partial charge >= 0.3 is 12.1 Å². The molecule has 2 rings (SSSR count). The zero-order chi connectivity index (χ0) is 20.2. The van der Waals surface area contributed by atoms with Crippen LogP contribution in [0.15, 0.2) is 24.3 Å². The van der Waals surface area contributed by atoms with Crippen LogP contribution >= 0.6 is 0 Å². The number of nitrogens with zero attached hydrogens (tertiary/aromatic N) is 2. The summed E-state index contributed by atoms with van der Waals surface area (Å²) >= 11 is 0. The number of anilines is 1. The summed E-state index contributed by atoms with van der Waals surface area (Å²) in [6, 6.07) is 8.90. The first kappa shape index (κ1) is 20.7. The molecule has 0 radical (unpaired) electrons. The SMILES string of the molecule is CCOC(=O)C(C)(CC1CN(c2ccc(CC#N)cc2)C(=O)O1)S(C)(=O)=O. The van der Waals surface area contributed by atoms with E-state index in [1.807, 2.05) is 6.07 Å². The van der Waals surface area contributed by atoms with Crippen LogP contribution in [0.1, 0.15) is 25.8 Å². The molecule has 8 nitrogen and oxygen atoms in total. The first-order valence-corrected chi connectivity index (χ1v) is 10.3. The fraction of sp³-hybridized carbons (Fsp3) is 0.500. The molecule has 0 bridgehead atoms. The number of hydrogen-bond acceptors (Lipinski definition) is 7. The van der Waals surface area contributed by atoms with E-state index < -0.39 is 32.8 Å². The normalized spacial score (nSPS) is 19.1. The van der Waals surface area contributed by atoms with E-state index in [-0.39, 0.29) is 26.0 Å². The highest BCUT2D eigenvalue weighted by Gasteiger charge is 2.49. The minimum Gasteiger partial charge on any atom is -0.465 e. The molecule has 2 unspecified atom stereocenters. The molecule has 146 valence electrons. The van der Waals surface area contributed by atoms with Gasteiger partial charge in [-0.3, -0.25) is 9.69 Å². The molecule has 2 atom stereocenters. The van der Waals surface area contributed by atoms with Crippen molar-refractivity contribution in [3.63, 3.8) is 0 Å². The second kappa shape index (κ2) is 7.96. The molecular weight excluding hydrogens is 372 g/mol. The van der Waals surface area contributed by atoms with E-state index in [0.717, 1.165) is 11.8 Å². The van der Waals surface area contributed by atoms with Crippen LogP contribution in [0.2, 0.25) is 0 Å². The van der Waals surface area contributed by atoms with Crippen molar-refractivity contribution in [1.82, 2.24) is 0 Å². The minimum atomic E-state index is -3.80. The monoisotopic (exact) mass is 394 g/mol. The number of hydrogen-bond donors (Lipinski definition) is 0. The van der Waals surface area contributed by atoms with Gasteiger partial charge in [0.1, 0.15) is 6.10 Å². The fourth-order valence-electron chi connectivity index (χ4n) is 2.83. The van der Waals surface area contributed by atoms with Crippen molar-refractivity contribution >= 4 is 27.6 Å². The Labute approximate surface area is 158 Å². The summed E-state index contributed by atoms with van der Waals surface area (Å²) in [5, 5.41) is 8.71. The lowest BCUT2D eigenvalue weighted by Crippen LogP contribution is -2.47. The first-order chi connectivity index (χ1) is 12.6. The average molecular weight is 394 g/mol. The quantitative estimate of drug-likeness (QED) is 0.648. The van der Waals surface area contributed by atoms with E-state index in [1.165, 1.54) is 11.8 Å². The van der Waals surface area contributed by atoms with Crippen LogP contribution in [0.3, 0.4) is 0 Å². The van der Waals surface area contributed by atoms with Crippen LogP contribution in [0, 0.1) is 11.3 Å². The number of nitriles is 1. The van der Waals surface area contributed by atoms with Gasteiger partial charge in [-0.1, -0.05) is 12.1 Å². The van der Waals surface area contributed by atoms with Gasteiger partial charge in [-0.05, 0) is 31.5 Å². The van der Waals surface area contributed by atoms with Gasteiger partial charge in [0.2, 0.25) is 0 Å². The first-order valence-electron chi connectivity index (χ1n) is 8.43. The third kappa shape index (κ3) is 4.39. The molecule has 0 spiro atoms. The van der Waals surface area contributed by atoms with E-state index in [0.29, 0.717) is 5.69 Å². The predicted molar refractivity (Wildman–Crippen MR) is 97.9 cm³/mol. The van der Waals surface area contributed by atoms with Gasteiger partial charge in [0.05, 0.1) is 25.6 Å². The number of rotatable bonds is 7. The summed E-state index contributed by atoms with van der Waals surface area (Å²) < 4.78 is 32.8. The Morgan fingerprint density at radius 2 is 2.04 bits per heavy atom. The number of carbonyl (C=O) groups is 2. The van der Waals surface area contributed by atoms with Crippen LogP contribution in [-0.2, 0) is 30.5 Å². The molecule has 1 fully saturated rings. The van der Waals surface area contributed by atoms with Gasteiger partial charge in [-0.25, -0.2) is 13.2 Å². The average Bonchev–Trinajstić information content (AvgIpc) is 2.95. The molecule has 1 amide bonds. The second-order valence-electron chi connectivity index (χ2n) is 6.55. The molecule has 1 aliphatic heterocycles. The van der Waals surface area contributed by atoms with E-state index in [2.05, 4.69) is 0 Å². The lowest BCUT2D eigenvalue weighted by atomic mass is 10.0. The smallest absolute Gasteiger partial charge is 0.414 e. The summed E-state index contributed by atoms with van der Waals surface area (Å²) in [5.74, 6) is -0.858. The van der Waals surface area contributed by atoms with Gasteiger partial charge in [0, 0.05) is 18.4 Å². The molecule has 9 heteroatoms. The minimum absolute atomic E-state index is 0.0512. The van der Waals surface area contributed by atoms with Crippen molar-refractivity contribution in [2.75, 3.05) is 24.3 Å². The van der Waals surface area contributed by atoms with E-state index >= 15 is 0 Å². The largest absolute Gasteiger partial charge is 0.465 e. The number of ether oxygens (including phenoxy) is 2. The number of sulfone groups is 1. The van der Waals surface area contributed by atoms with Gasteiger partial charge in [-0.15, -0.1) is 0 Å². The van der Waals surface area contributed by atoms with Crippen LogP contribution in [0.5, 0.6) is 0 Å². The van der Waals surface area contributed by atoms with E-state index in [1.54, 1.807) is 31.2 Å². The summed E-state index contributed by atoms with van der Waals surface area (Å²) in [6.07, 6.45) is -0.362. The maximum absolute atomic E-state index is 12.2. The summed E-state index contributed by atoms with van der Waals surface area (Å²) in [4.78, 5) is 25.8. The maximum Gasteiger partial charge on any atom is 0.414 e. The zero-order valence-electron chi connectivity index (χ0n) is 15.5. The predicted octanol–water partition coefficient (Wildman–Crippen LogP) is 1.83. The molecule has 1 heterocycles. The van der Waals surface area contributed by atoms with Crippen LogP contribution in [-0.4, -0.2) is 50.7 Å². The number of carbonyl (C=O) groups excluding carboxylic acids is 2. The highest BCUT2D eigenvalue weighted by Crippen LogP contribution is 2.30. The van der Waals surface area contributed by atoms with E-state index in [9.17, 15) is 18.0 Å². The topological polar surface area (TPSA) is 114 Å². The van der Waals surface area contributed by atoms with Gasteiger partial charge in [0.25, 0.3) is 0 Å². The summed E-state index contributed by atoms with van der Waals surface area (Å²) in [7, 11) is -3.80. The summed E-state index contributed by atoms with van der Waals surface area (Å²) in [5.41, 5.74) is 1.39. The Hall–Kier alpha value is -2.60. The number of esters is 1. The van der Waals surface area contributed by atoms with Gasteiger partial charge in [0.15, 0.2) is 14.6 Å².